The largest absolute Gasteiger partial charge is 0.353 e. The second-order valence-corrected chi connectivity index (χ2v) is 8.04. The highest BCUT2D eigenvalue weighted by molar-refractivity contribution is 5.94. The van der Waals surface area contributed by atoms with Gasteiger partial charge in [-0.1, -0.05) is 30.3 Å². The Bertz CT molecular complexity index is 1320. The summed E-state index contributed by atoms with van der Waals surface area (Å²) in [4.78, 5) is 25.4. The van der Waals surface area contributed by atoms with Crippen molar-refractivity contribution >= 4 is 17.5 Å². The van der Waals surface area contributed by atoms with Crippen LogP contribution in [0.15, 0.2) is 54.9 Å². The lowest BCUT2D eigenvalue weighted by Crippen LogP contribution is -2.49. The van der Waals surface area contributed by atoms with E-state index in [1.165, 1.54) is 6.33 Å². The Morgan fingerprint density at radius 3 is 2.55 bits per heavy atom. The fourth-order valence-electron chi connectivity index (χ4n) is 4.25. The van der Waals surface area contributed by atoms with Gasteiger partial charge in [-0.05, 0) is 30.7 Å². The van der Waals surface area contributed by atoms with Crippen LogP contribution >= 0.6 is 0 Å². The molecule has 33 heavy (non-hydrogen) atoms. The van der Waals surface area contributed by atoms with Gasteiger partial charge in [0.25, 0.3) is 11.7 Å². The summed E-state index contributed by atoms with van der Waals surface area (Å²) >= 11 is 0. The predicted molar refractivity (Wildman–Crippen MR) is 119 cm³/mol. The number of rotatable bonds is 4. The Kier molecular flexibility index (Phi) is 5.45. The molecule has 0 atom stereocenters. The van der Waals surface area contributed by atoms with Gasteiger partial charge < -0.3 is 9.80 Å². The summed E-state index contributed by atoms with van der Waals surface area (Å²) in [5.41, 5.74) is 2.81. The van der Waals surface area contributed by atoms with Gasteiger partial charge in [-0.3, -0.25) is 4.79 Å². The smallest absolute Gasteiger partial charge is 0.257 e. The lowest BCUT2D eigenvalue weighted by Gasteiger charge is -2.37. The fourth-order valence-corrected chi connectivity index (χ4v) is 4.25. The Hall–Kier alpha value is -3.88. The SMILES string of the molecule is Cc1nc2ncnn2c(N2CCN(C(=O)c3cc(F)ccc3F)CC2)c1Cc1ccccc1. The van der Waals surface area contributed by atoms with Crippen molar-refractivity contribution in [3.8, 4) is 0 Å². The average Bonchev–Trinajstić information content (AvgIpc) is 3.29. The van der Waals surface area contributed by atoms with E-state index in [2.05, 4.69) is 32.1 Å². The third-order valence-electron chi connectivity index (χ3n) is 5.95. The molecule has 5 rings (SSSR count). The number of piperazine rings is 1. The van der Waals surface area contributed by atoms with Crippen LogP contribution in [0.25, 0.3) is 5.78 Å². The number of aromatic nitrogens is 4. The molecule has 1 amide bonds. The van der Waals surface area contributed by atoms with Crippen molar-refractivity contribution < 1.29 is 13.6 Å². The minimum atomic E-state index is -0.719. The molecular formula is C24H22F2N6O. The maximum Gasteiger partial charge on any atom is 0.257 e. The average molecular weight is 448 g/mol. The van der Waals surface area contributed by atoms with E-state index in [1.807, 2.05) is 25.1 Å². The Morgan fingerprint density at radius 1 is 1.03 bits per heavy atom. The first-order chi connectivity index (χ1) is 16.0. The molecule has 3 heterocycles. The third kappa shape index (κ3) is 4.02. The molecule has 2 aromatic carbocycles. The molecule has 0 bridgehead atoms. The second-order valence-electron chi connectivity index (χ2n) is 8.04. The summed E-state index contributed by atoms with van der Waals surface area (Å²) < 4.78 is 29.4. The highest BCUT2D eigenvalue weighted by Gasteiger charge is 2.28. The minimum Gasteiger partial charge on any atom is -0.353 e. The molecule has 0 N–H and O–H groups in total. The van der Waals surface area contributed by atoms with E-state index in [0.29, 0.717) is 38.4 Å². The molecule has 0 spiro atoms. The lowest BCUT2D eigenvalue weighted by atomic mass is 10.0. The van der Waals surface area contributed by atoms with Gasteiger partial charge in [0.05, 0.1) is 5.56 Å². The standard InChI is InChI=1S/C24H22F2N6O/c1-16-19(13-17-5-3-2-4-6-17)22(32-24(29-16)27-15-28-32)30-9-11-31(12-10-30)23(33)20-14-18(25)7-8-21(20)26/h2-8,14-15H,9-13H2,1H3. The Balaban J connectivity index is 1.43. The number of aryl methyl sites for hydroxylation is 1. The van der Waals surface area contributed by atoms with Crippen LogP contribution in [0.5, 0.6) is 0 Å². The van der Waals surface area contributed by atoms with E-state index in [4.69, 9.17) is 0 Å². The van der Waals surface area contributed by atoms with Crippen molar-refractivity contribution in [1.29, 1.82) is 0 Å². The zero-order valence-electron chi connectivity index (χ0n) is 18.1. The molecule has 2 aromatic heterocycles. The van der Waals surface area contributed by atoms with Crippen molar-refractivity contribution in [2.75, 3.05) is 31.1 Å². The van der Waals surface area contributed by atoms with Gasteiger partial charge in [-0.25, -0.2) is 13.8 Å². The number of amides is 1. The first-order valence-electron chi connectivity index (χ1n) is 10.7. The number of carbonyl (C=O) groups is 1. The van der Waals surface area contributed by atoms with Crippen LogP contribution in [0.2, 0.25) is 0 Å². The number of nitrogens with zero attached hydrogens (tertiary/aromatic N) is 6. The number of hydrogen-bond acceptors (Lipinski definition) is 5. The van der Waals surface area contributed by atoms with Gasteiger partial charge in [0.1, 0.15) is 23.8 Å². The zero-order valence-corrected chi connectivity index (χ0v) is 18.1. The number of anilines is 1. The van der Waals surface area contributed by atoms with Crippen molar-refractivity contribution in [1.82, 2.24) is 24.5 Å². The molecule has 0 saturated carbocycles. The number of fused-ring (bicyclic) bond motifs is 1. The third-order valence-corrected chi connectivity index (χ3v) is 5.95. The Morgan fingerprint density at radius 2 is 1.79 bits per heavy atom. The summed E-state index contributed by atoms with van der Waals surface area (Å²) in [5, 5.41) is 4.39. The van der Waals surface area contributed by atoms with Gasteiger partial charge in [-0.2, -0.15) is 14.6 Å². The highest BCUT2D eigenvalue weighted by atomic mass is 19.1. The molecule has 168 valence electrons. The molecule has 4 aromatic rings. The summed E-state index contributed by atoms with van der Waals surface area (Å²) in [6, 6.07) is 13.1. The summed E-state index contributed by atoms with van der Waals surface area (Å²) in [5.74, 6) is -0.455. The van der Waals surface area contributed by atoms with Crippen molar-refractivity contribution in [2.45, 2.75) is 13.3 Å². The molecule has 7 nitrogen and oxygen atoms in total. The van der Waals surface area contributed by atoms with E-state index in [1.54, 1.807) is 9.42 Å². The lowest BCUT2D eigenvalue weighted by molar-refractivity contribution is 0.0741. The number of carbonyl (C=O) groups excluding carboxylic acids is 1. The normalized spacial score (nSPS) is 14.2. The predicted octanol–water partition coefficient (Wildman–Crippen LogP) is 3.26. The van der Waals surface area contributed by atoms with Crippen LogP contribution in [0.3, 0.4) is 0 Å². The molecular weight excluding hydrogens is 426 g/mol. The van der Waals surface area contributed by atoms with Crippen LogP contribution < -0.4 is 4.90 Å². The molecule has 9 heteroatoms. The zero-order chi connectivity index (χ0) is 22.9. The maximum absolute atomic E-state index is 14.1. The van der Waals surface area contributed by atoms with Crippen LogP contribution in [-0.4, -0.2) is 56.6 Å². The molecule has 1 fully saturated rings. The molecule has 1 aliphatic rings. The minimum absolute atomic E-state index is 0.244. The van der Waals surface area contributed by atoms with Gasteiger partial charge >= 0.3 is 0 Å². The van der Waals surface area contributed by atoms with Gasteiger partial charge in [0.2, 0.25) is 0 Å². The quantitative estimate of drug-likeness (QED) is 0.480. The van der Waals surface area contributed by atoms with E-state index in [-0.39, 0.29) is 5.56 Å². The van der Waals surface area contributed by atoms with Crippen LogP contribution in [-0.2, 0) is 6.42 Å². The van der Waals surface area contributed by atoms with Crippen LogP contribution in [0.1, 0.15) is 27.2 Å². The highest BCUT2D eigenvalue weighted by Crippen LogP contribution is 2.27. The first-order valence-corrected chi connectivity index (χ1v) is 10.7. The van der Waals surface area contributed by atoms with E-state index in [0.717, 1.165) is 40.8 Å². The topological polar surface area (TPSA) is 66.6 Å². The molecule has 0 aliphatic carbocycles. The monoisotopic (exact) mass is 448 g/mol. The van der Waals surface area contributed by atoms with Gasteiger partial charge in [0, 0.05) is 43.9 Å². The number of hydrogen-bond donors (Lipinski definition) is 0. The summed E-state index contributed by atoms with van der Waals surface area (Å²) in [6.45, 7) is 3.74. The van der Waals surface area contributed by atoms with Gasteiger partial charge in [0.15, 0.2) is 0 Å². The van der Waals surface area contributed by atoms with E-state index >= 15 is 0 Å². The Labute approximate surface area is 189 Å². The van der Waals surface area contributed by atoms with Crippen molar-refractivity contribution in [3.63, 3.8) is 0 Å². The van der Waals surface area contributed by atoms with Crippen LogP contribution in [0.4, 0.5) is 14.6 Å². The molecule has 0 radical (unpaired) electrons. The first kappa shape index (κ1) is 21.0. The number of halogens is 2. The molecule has 0 unspecified atom stereocenters. The summed E-state index contributed by atoms with van der Waals surface area (Å²) in [7, 11) is 0. The maximum atomic E-state index is 14.1. The van der Waals surface area contributed by atoms with Crippen molar-refractivity contribution in [2.24, 2.45) is 0 Å². The number of benzene rings is 2. The molecule has 1 aliphatic heterocycles. The van der Waals surface area contributed by atoms with E-state index in [9.17, 15) is 13.6 Å². The second kappa shape index (κ2) is 8.57. The van der Waals surface area contributed by atoms with Crippen molar-refractivity contribution in [3.05, 3.63) is 88.9 Å². The summed E-state index contributed by atoms with van der Waals surface area (Å²) in [6.07, 6.45) is 2.16. The van der Waals surface area contributed by atoms with E-state index < -0.39 is 17.5 Å². The van der Waals surface area contributed by atoms with Gasteiger partial charge in [-0.15, -0.1) is 0 Å². The molecule has 1 saturated heterocycles. The van der Waals surface area contributed by atoms with Crippen LogP contribution in [0, 0.1) is 18.6 Å². The fraction of sp³-hybridized carbons (Fsp3) is 0.250.